The van der Waals surface area contributed by atoms with E-state index < -0.39 is 17.7 Å². The topological polar surface area (TPSA) is 66.8 Å². The Labute approximate surface area is 143 Å². The fraction of sp³-hybridized carbons (Fsp3) is 0.579. The third kappa shape index (κ3) is 5.25. The van der Waals surface area contributed by atoms with Gasteiger partial charge in [-0.1, -0.05) is 30.3 Å². The van der Waals surface area contributed by atoms with E-state index in [1.165, 1.54) is 10.5 Å². The first-order valence-corrected chi connectivity index (χ1v) is 8.52. The fourth-order valence-electron chi connectivity index (χ4n) is 3.26. The number of carboxylic acids is 1. The normalized spacial score (nSPS) is 21.1. The number of carboxylic acid groups (broad SMARTS) is 1. The van der Waals surface area contributed by atoms with Crippen molar-refractivity contribution >= 4 is 12.1 Å². The highest BCUT2D eigenvalue weighted by atomic mass is 16.6. The van der Waals surface area contributed by atoms with Gasteiger partial charge in [0.15, 0.2) is 0 Å². The third-order valence-electron chi connectivity index (χ3n) is 4.34. The number of rotatable bonds is 4. The SMILES string of the molecule is CC(C)(C)OC(=O)N(CC(=O)O)C1CCC(c2ccccc2)CC1. The zero-order valence-corrected chi connectivity index (χ0v) is 14.7. The first-order chi connectivity index (χ1) is 11.3. The molecule has 1 N–H and O–H groups in total. The monoisotopic (exact) mass is 333 g/mol. The van der Waals surface area contributed by atoms with Crippen molar-refractivity contribution in [2.75, 3.05) is 6.54 Å². The van der Waals surface area contributed by atoms with E-state index in [-0.39, 0.29) is 12.6 Å². The third-order valence-corrected chi connectivity index (χ3v) is 4.34. The molecular formula is C19H27NO4. The number of benzene rings is 1. The van der Waals surface area contributed by atoms with Crippen LogP contribution in [0.3, 0.4) is 0 Å². The molecular weight excluding hydrogens is 306 g/mol. The zero-order chi connectivity index (χ0) is 17.7. The molecule has 1 saturated carbocycles. The van der Waals surface area contributed by atoms with Gasteiger partial charge in [-0.2, -0.15) is 0 Å². The molecule has 0 saturated heterocycles. The molecule has 1 aliphatic rings. The Morgan fingerprint density at radius 1 is 1.12 bits per heavy atom. The Balaban J connectivity index is 2.01. The van der Waals surface area contributed by atoms with Gasteiger partial charge in [-0.05, 0) is 57.9 Å². The second-order valence-corrected chi connectivity index (χ2v) is 7.42. The molecule has 0 heterocycles. The summed E-state index contributed by atoms with van der Waals surface area (Å²) in [4.78, 5) is 24.9. The lowest BCUT2D eigenvalue weighted by Crippen LogP contribution is -2.47. The largest absolute Gasteiger partial charge is 0.480 e. The minimum Gasteiger partial charge on any atom is -0.480 e. The molecule has 1 aliphatic carbocycles. The molecule has 1 aromatic carbocycles. The van der Waals surface area contributed by atoms with Crippen molar-refractivity contribution in [3.63, 3.8) is 0 Å². The summed E-state index contributed by atoms with van der Waals surface area (Å²) >= 11 is 0. The lowest BCUT2D eigenvalue weighted by Gasteiger charge is -2.37. The number of hydrogen-bond donors (Lipinski definition) is 1. The van der Waals surface area contributed by atoms with Crippen LogP contribution in [0.5, 0.6) is 0 Å². The van der Waals surface area contributed by atoms with Crippen LogP contribution in [-0.2, 0) is 9.53 Å². The van der Waals surface area contributed by atoms with E-state index in [1.54, 1.807) is 20.8 Å². The molecule has 1 aromatic rings. The molecule has 0 unspecified atom stereocenters. The van der Waals surface area contributed by atoms with Crippen molar-refractivity contribution in [1.29, 1.82) is 0 Å². The Morgan fingerprint density at radius 2 is 1.71 bits per heavy atom. The quantitative estimate of drug-likeness (QED) is 0.903. The van der Waals surface area contributed by atoms with Crippen molar-refractivity contribution in [2.24, 2.45) is 0 Å². The minimum atomic E-state index is -1.01. The van der Waals surface area contributed by atoms with Gasteiger partial charge in [-0.25, -0.2) is 4.79 Å². The number of carbonyl (C=O) groups excluding carboxylic acids is 1. The number of ether oxygens (including phenoxy) is 1. The molecule has 24 heavy (non-hydrogen) atoms. The average molecular weight is 333 g/mol. The molecule has 0 atom stereocenters. The summed E-state index contributed by atoms with van der Waals surface area (Å²) in [6, 6.07) is 10.3. The van der Waals surface area contributed by atoms with Crippen molar-refractivity contribution in [1.82, 2.24) is 4.90 Å². The summed E-state index contributed by atoms with van der Waals surface area (Å²) in [5.41, 5.74) is 0.688. The first kappa shape index (κ1) is 18.3. The summed E-state index contributed by atoms with van der Waals surface area (Å²) in [7, 11) is 0. The maximum atomic E-state index is 12.4. The van der Waals surface area contributed by atoms with Gasteiger partial charge in [-0.15, -0.1) is 0 Å². The number of carbonyl (C=O) groups is 2. The van der Waals surface area contributed by atoms with E-state index in [4.69, 9.17) is 9.84 Å². The Bertz CT molecular complexity index is 556. The second kappa shape index (κ2) is 7.69. The Morgan fingerprint density at radius 3 is 2.21 bits per heavy atom. The lowest BCUT2D eigenvalue weighted by atomic mass is 9.81. The van der Waals surface area contributed by atoms with Crippen molar-refractivity contribution in [3.05, 3.63) is 35.9 Å². The molecule has 0 aromatic heterocycles. The van der Waals surface area contributed by atoms with Crippen LogP contribution in [0, 0.1) is 0 Å². The number of aliphatic carboxylic acids is 1. The highest BCUT2D eigenvalue weighted by Crippen LogP contribution is 2.35. The Hall–Kier alpha value is -2.04. The summed E-state index contributed by atoms with van der Waals surface area (Å²) in [6.45, 7) is 5.05. The molecule has 132 valence electrons. The average Bonchev–Trinajstić information content (AvgIpc) is 2.52. The van der Waals surface area contributed by atoms with Crippen LogP contribution >= 0.6 is 0 Å². The zero-order valence-electron chi connectivity index (χ0n) is 14.7. The molecule has 1 amide bonds. The van der Waals surface area contributed by atoms with Gasteiger partial charge < -0.3 is 9.84 Å². The molecule has 1 fully saturated rings. The van der Waals surface area contributed by atoms with E-state index in [2.05, 4.69) is 12.1 Å². The van der Waals surface area contributed by atoms with Gasteiger partial charge in [0.05, 0.1) is 0 Å². The summed E-state index contributed by atoms with van der Waals surface area (Å²) < 4.78 is 5.39. The molecule has 5 heteroatoms. The molecule has 0 radical (unpaired) electrons. The first-order valence-electron chi connectivity index (χ1n) is 8.52. The van der Waals surface area contributed by atoms with Gasteiger partial charge in [0, 0.05) is 6.04 Å². The highest BCUT2D eigenvalue weighted by molar-refractivity contribution is 5.77. The second-order valence-electron chi connectivity index (χ2n) is 7.42. The van der Waals surface area contributed by atoms with Crippen LogP contribution in [0.4, 0.5) is 4.79 Å². The van der Waals surface area contributed by atoms with E-state index in [1.807, 2.05) is 18.2 Å². The molecule has 5 nitrogen and oxygen atoms in total. The summed E-state index contributed by atoms with van der Waals surface area (Å²) in [5, 5.41) is 9.14. The van der Waals surface area contributed by atoms with Gasteiger partial charge in [-0.3, -0.25) is 9.69 Å². The molecule has 0 aliphatic heterocycles. The van der Waals surface area contributed by atoms with Crippen LogP contribution in [0.25, 0.3) is 0 Å². The number of nitrogens with zero attached hydrogens (tertiary/aromatic N) is 1. The number of hydrogen-bond acceptors (Lipinski definition) is 3. The smallest absolute Gasteiger partial charge is 0.411 e. The van der Waals surface area contributed by atoms with E-state index in [0.717, 1.165) is 25.7 Å². The van der Waals surface area contributed by atoms with Crippen molar-refractivity contribution in [3.8, 4) is 0 Å². The van der Waals surface area contributed by atoms with Crippen LogP contribution < -0.4 is 0 Å². The van der Waals surface area contributed by atoms with Gasteiger partial charge in [0.25, 0.3) is 0 Å². The van der Waals surface area contributed by atoms with Crippen LogP contribution in [0.15, 0.2) is 30.3 Å². The maximum Gasteiger partial charge on any atom is 0.411 e. The standard InChI is InChI=1S/C19H27NO4/c1-19(2,3)24-18(23)20(13-17(21)22)16-11-9-15(10-12-16)14-7-5-4-6-8-14/h4-8,15-16H,9-13H2,1-3H3,(H,21,22). The predicted molar refractivity (Wildman–Crippen MR) is 92.0 cm³/mol. The highest BCUT2D eigenvalue weighted by Gasteiger charge is 2.33. The maximum absolute atomic E-state index is 12.4. The van der Waals surface area contributed by atoms with E-state index in [0.29, 0.717) is 5.92 Å². The summed E-state index contributed by atoms with van der Waals surface area (Å²) in [6.07, 6.45) is 2.97. The molecule has 2 rings (SSSR count). The molecule has 0 bridgehead atoms. The summed E-state index contributed by atoms with van der Waals surface area (Å²) in [5.74, 6) is -0.529. The van der Waals surface area contributed by atoms with E-state index >= 15 is 0 Å². The van der Waals surface area contributed by atoms with Crippen LogP contribution in [0.1, 0.15) is 57.9 Å². The van der Waals surface area contributed by atoms with Gasteiger partial charge >= 0.3 is 12.1 Å². The predicted octanol–water partition coefficient (Wildman–Crippen LogP) is 4.03. The van der Waals surface area contributed by atoms with E-state index in [9.17, 15) is 9.59 Å². The lowest BCUT2D eigenvalue weighted by molar-refractivity contribution is -0.139. The van der Waals surface area contributed by atoms with Crippen molar-refractivity contribution in [2.45, 2.75) is 64.0 Å². The van der Waals surface area contributed by atoms with Crippen LogP contribution in [0.2, 0.25) is 0 Å². The fourth-order valence-corrected chi connectivity index (χ4v) is 3.26. The van der Waals surface area contributed by atoms with Crippen LogP contribution in [-0.4, -0.2) is 40.3 Å². The van der Waals surface area contributed by atoms with Crippen molar-refractivity contribution < 1.29 is 19.4 Å². The minimum absolute atomic E-state index is 0.0732. The molecule has 0 spiro atoms. The van der Waals surface area contributed by atoms with Gasteiger partial charge in [0.2, 0.25) is 0 Å². The Kier molecular flexibility index (Phi) is 5.86. The van der Waals surface area contributed by atoms with Gasteiger partial charge in [0.1, 0.15) is 12.1 Å². The number of amides is 1.